The van der Waals surface area contributed by atoms with E-state index in [-0.39, 0.29) is 0 Å². The van der Waals surface area contributed by atoms with Crippen molar-refractivity contribution in [2.45, 2.75) is 19.0 Å². The van der Waals surface area contributed by atoms with Gasteiger partial charge < -0.3 is 19.5 Å². The molecule has 1 atom stereocenters. The van der Waals surface area contributed by atoms with E-state index in [2.05, 4.69) is 22.3 Å². The Labute approximate surface area is 126 Å². The Hall–Kier alpha value is -1.30. The van der Waals surface area contributed by atoms with Crippen LogP contribution in [-0.4, -0.2) is 57.5 Å². The van der Waals surface area contributed by atoms with Crippen molar-refractivity contribution in [1.29, 1.82) is 0 Å². The third-order valence-corrected chi connectivity index (χ3v) is 4.15. The van der Waals surface area contributed by atoms with Gasteiger partial charge in [-0.1, -0.05) is 12.1 Å². The maximum absolute atomic E-state index is 5.82. The summed E-state index contributed by atoms with van der Waals surface area (Å²) in [5.41, 5.74) is 1.22. The van der Waals surface area contributed by atoms with Crippen LogP contribution in [0.15, 0.2) is 18.2 Å². The molecule has 1 aromatic rings. The van der Waals surface area contributed by atoms with Crippen LogP contribution in [0.2, 0.25) is 0 Å². The molecule has 0 amide bonds. The number of nitrogens with one attached hydrogen (secondary N) is 1. The van der Waals surface area contributed by atoms with Crippen LogP contribution in [0, 0.1) is 0 Å². The lowest BCUT2D eigenvalue weighted by Gasteiger charge is -2.36. The van der Waals surface area contributed by atoms with Gasteiger partial charge in [-0.05, 0) is 12.5 Å². The van der Waals surface area contributed by atoms with Crippen LogP contribution < -0.4 is 14.8 Å². The number of benzene rings is 1. The van der Waals surface area contributed by atoms with Crippen molar-refractivity contribution in [2.75, 3.05) is 46.6 Å². The van der Waals surface area contributed by atoms with E-state index in [0.29, 0.717) is 19.3 Å². The minimum atomic E-state index is 0.513. The molecule has 0 aromatic heterocycles. The zero-order chi connectivity index (χ0) is 14.5. The first-order valence-electron chi connectivity index (χ1n) is 7.69. The molecule has 0 saturated carbocycles. The number of hydrogen-bond acceptors (Lipinski definition) is 5. The Morgan fingerprint density at radius 1 is 1.33 bits per heavy atom. The number of piperazine rings is 1. The smallest absolute Gasteiger partial charge is 0.165 e. The Morgan fingerprint density at radius 2 is 2.24 bits per heavy atom. The van der Waals surface area contributed by atoms with Crippen LogP contribution in [0.5, 0.6) is 11.5 Å². The molecule has 2 heterocycles. The molecule has 1 unspecified atom stereocenters. The second-order valence-electron chi connectivity index (χ2n) is 5.55. The molecule has 2 aliphatic rings. The Morgan fingerprint density at radius 3 is 3.14 bits per heavy atom. The van der Waals surface area contributed by atoms with E-state index < -0.39 is 0 Å². The maximum atomic E-state index is 5.82. The lowest BCUT2D eigenvalue weighted by Crippen LogP contribution is -2.51. The van der Waals surface area contributed by atoms with Gasteiger partial charge in [-0.2, -0.15) is 0 Å². The Kier molecular flexibility index (Phi) is 4.95. The summed E-state index contributed by atoms with van der Waals surface area (Å²) in [4.78, 5) is 2.52. The van der Waals surface area contributed by atoms with E-state index in [0.717, 1.165) is 50.7 Å². The molecule has 3 rings (SSSR count). The average Bonchev–Trinajstić information content (AvgIpc) is 2.54. The summed E-state index contributed by atoms with van der Waals surface area (Å²) in [7, 11) is 1.76. The van der Waals surface area contributed by atoms with Gasteiger partial charge in [-0.3, -0.25) is 4.90 Å². The fourth-order valence-corrected chi connectivity index (χ4v) is 3.03. The lowest BCUT2D eigenvalue weighted by molar-refractivity contribution is 0.104. The van der Waals surface area contributed by atoms with Gasteiger partial charge in [0.25, 0.3) is 0 Å². The predicted octanol–water partition coefficient (Wildman–Crippen LogP) is 1.27. The van der Waals surface area contributed by atoms with E-state index in [1.165, 1.54) is 5.56 Å². The minimum Gasteiger partial charge on any atom is -0.486 e. The van der Waals surface area contributed by atoms with Crippen molar-refractivity contribution in [3.05, 3.63) is 23.8 Å². The third-order valence-electron chi connectivity index (χ3n) is 4.15. The van der Waals surface area contributed by atoms with Crippen LogP contribution in [0.25, 0.3) is 0 Å². The highest BCUT2D eigenvalue weighted by atomic mass is 16.6. The second kappa shape index (κ2) is 7.11. The molecule has 1 fully saturated rings. The molecule has 21 heavy (non-hydrogen) atoms. The van der Waals surface area contributed by atoms with Gasteiger partial charge in [-0.15, -0.1) is 0 Å². The van der Waals surface area contributed by atoms with Crippen LogP contribution in [0.4, 0.5) is 0 Å². The SMILES string of the molecule is COCCC1CNCCN1Cc1cccc2c1OCCO2. The number of rotatable bonds is 5. The van der Waals surface area contributed by atoms with E-state index in [1.807, 2.05) is 6.07 Å². The summed E-state index contributed by atoms with van der Waals surface area (Å²) in [6, 6.07) is 6.69. The molecular formula is C16H24N2O3. The normalized spacial score (nSPS) is 22.2. The summed E-state index contributed by atoms with van der Waals surface area (Å²) in [6.45, 7) is 6.10. The van der Waals surface area contributed by atoms with E-state index in [4.69, 9.17) is 14.2 Å². The zero-order valence-electron chi connectivity index (χ0n) is 12.6. The molecular weight excluding hydrogens is 268 g/mol. The largest absolute Gasteiger partial charge is 0.486 e. The highest BCUT2D eigenvalue weighted by molar-refractivity contribution is 5.47. The molecule has 0 aliphatic carbocycles. The van der Waals surface area contributed by atoms with Crippen LogP contribution in [0.1, 0.15) is 12.0 Å². The number of methoxy groups -OCH3 is 1. The zero-order valence-corrected chi connectivity index (χ0v) is 12.6. The molecule has 2 aliphatic heterocycles. The Bertz CT molecular complexity index is 467. The fourth-order valence-electron chi connectivity index (χ4n) is 3.03. The summed E-state index contributed by atoms with van der Waals surface area (Å²) in [5.74, 6) is 1.80. The van der Waals surface area contributed by atoms with E-state index in [1.54, 1.807) is 7.11 Å². The number of para-hydroxylation sites is 1. The van der Waals surface area contributed by atoms with E-state index in [9.17, 15) is 0 Å². The standard InChI is InChI=1S/C16H24N2O3/c1-19-8-5-14-11-17-6-7-18(14)12-13-3-2-4-15-16(13)21-10-9-20-15/h2-4,14,17H,5-12H2,1H3. The highest BCUT2D eigenvalue weighted by Crippen LogP contribution is 2.34. The third kappa shape index (κ3) is 3.48. The van der Waals surface area contributed by atoms with Crippen molar-refractivity contribution in [2.24, 2.45) is 0 Å². The summed E-state index contributed by atoms with van der Waals surface area (Å²) in [6.07, 6.45) is 1.05. The van der Waals surface area contributed by atoms with Crippen molar-refractivity contribution >= 4 is 0 Å². The minimum absolute atomic E-state index is 0.513. The Balaban J connectivity index is 1.72. The lowest BCUT2D eigenvalue weighted by atomic mass is 10.1. The molecule has 0 radical (unpaired) electrons. The maximum Gasteiger partial charge on any atom is 0.165 e. The van der Waals surface area contributed by atoms with Gasteiger partial charge in [0.15, 0.2) is 11.5 Å². The van der Waals surface area contributed by atoms with Gasteiger partial charge in [0.1, 0.15) is 13.2 Å². The van der Waals surface area contributed by atoms with Crippen molar-refractivity contribution in [3.63, 3.8) is 0 Å². The van der Waals surface area contributed by atoms with Gasteiger partial charge in [-0.25, -0.2) is 0 Å². The summed E-state index contributed by atoms with van der Waals surface area (Å²) >= 11 is 0. The van der Waals surface area contributed by atoms with Crippen LogP contribution >= 0.6 is 0 Å². The molecule has 1 N–H and O–H groups in total. The summed E-state index contributed by atoms with van der Waals surface area (Å²) in [5, 5.41) is 3.47. The highest BCUT2D eigenvalue weighted by Gasteiger charge is 2.24. The summed E-state index contributed by atoms with van der Waals surface area (Å²) < 4.78 is 16.7. The molecule has 0 bridgehead atoms. The second-order valence-corrected chi connectivity index (χ2v) is 5.55. The van der Waals surface area contributed by atoms with Crippen molar-refractivity contribution < 1.29 is 14.2 Å². The molecule has 1 saturated heterocycles. The molecule has 116 valence electrons. The van der Waals surface area contributed by atoms with Gasteiger partial charge in [0, 0.05) is 51.5 Å². The quantitative estimate of drug-likeness (QED) is 0.885. The van der Waals surface area contributed by atoms with Crippen molar-refractivity contribution in [3.8, 4) is 11.5 Å². The molecule has 5 nitrogen and oxygen atoms in total. The average molecular weight is 292 g/mol. The first-order valence-corrected chi connectivity index (χ1v) is 7.69. The topological polar surface area (TPSA) is 43.0 Å². The van der Waals surface area contributed by atoms with Gasteiger partial charge in [0.2, 0.25) is 0 Å². The number of fused-ring (bicyclic) bond motifs is 1. The van der Waals surface area contributed by atoms with Crippen molar-refractivity contribution in [1.82, 2.24) is 10.2 Å². The van der Waals surface area contributed by atoms with Crippen LogP contribution in [0.3, 0.4) is 0 Å². The first kappa shape index (κ1) is 14.6. The van der Waals surface area contributed by atoms with Gasteiger partial charge >= 0.3 is 0 Å². The number of nitrogens with zero attached hydrogens (tertiary/aromatic N) is 1. The van der Waals surface area contributed by atoms with Crippen LogP contribution in [-0.2, 0) is 11.3 Å². The molecule has 5 heteroatoms. The number of ether oxygens (including phenoxy) is 3. The monoisotopic (exact) mass is 292 g/mol. The number of hydrogen-bond donors (Lipinski definition) is 1. The van der Waals surface area contributed by atoms with Gasteiger partial charge in [0.05, 0.1) is 0 Å². The molecule has 1 aromatic carbocycles. The predicted molar refractivity (Wildman–Crippen MR) is 81.0 cm³/mol. The fraction of sp³-hybridized carbons (Fsp3) is 0.625. The first-order chi connectivity index (χ1) is 10.4. The van der Waals surface area contributed by atoms with E-state index >= 15 is 0 Å². The molecule has 0 spiro atoms.